The van der Waals surface area contributed by atoms with Crippen molar-refractivity contribution in [1.29, 1.82) is 0 Å². The van der Waals surface area contributed by atoms with Crippen molar-refractivity contribution in [3.63, 3.8) is 0 Å². The fraction of sp³-hybridized carbons (Fsp3) is 0.917. The van der Waals surface area contributed by atoms with E-state index in [-0.39, 0.29) is 5.91 Å². The summed E-state index contributed by atoms with van der Waals surface area (Å²) in [5, 5.41) is 3.49. The summed E-state index contributed by atoms with van der Waals surface area (Å²) in [5.74, 6) is -0.194. The minimum absolute atomic E-state index is 0.194. The molecule has 0 aromatic carbocycles. The highest BCUT2D eigenvalue weighted by atomic mass is 16.1. The third-order valence-corrected chi connectivity index (χ3v) is 3.14. The molecule has 1 atom stereocenters. The molecule has 16 heavy (non-hydrogen) atoms. The molecule has 4 heteroatoms. The molecule has 94 valence electrons. The molecule has 4 nitrogen and oxygen atoms in total. The lowest BCUT2D eigenvalue weighted by Crippen LogP contribution is -2.39. The van der Waals surface area contributed by atoms with E-state index in [0.717, 1.165) is 26.2 Å². The van der Waals surface area contributed by atoms with Crippen LogP contribution in [0.3, 0.4) is 0 Å². The van der Waals surface area contributed by atoms with Crippen LogP contribution >= 0.6 is 0 Å². The standard InChI is InChI=1S/C12H25N3O/c1-2-3-8-15(9-6-12(13)16)10-11-5-4-7-14-11/h11,14H,2-10H2,1H3,(H2,13,16). The summed E-state index contributed by atoms with van der Waals surface area (Å²) >= 11 is 0. The lowest BCUT2D eigenvalue weighted by atomic mass is 10.2. The molecular formula is C12H25N3O. The molecule has 1 fully saturated rings. The van der Waals surface area contributed by atoms with Crippen molar-refractivity contribution >= 4 is 5.91 Å². The largest absolute Gasteiger partial charge is 0.370 e. The van der Waals surface area contributed by atoms with Gasteiger partial charge in [0.25, 0.3) is 0 Å². The van der Waals surface area contributed by atoms with Crippen molar-refractivity contribution in [2.24, 2.45) is 5.73 Å². The molecule has 1 aliphatic heterocycles. The average Bonchev–Trinajstić information content (AvgIpc) is 2.74. The second-order valence-corrected chi connectivity index (χ2v) is 4.66. The van der Waals surface area contributed by atoms with E-state index >= 15 is 0 Å². The van der Waals surface area contributed by atoms with Crippen molar-refractivity contribution in [1.82, 2.24) is 10.2 Å². The maximum atomic E-state index is 10.8. The van der Waals surface area contributed by atoms with E-state index in [2.05, 4.69) is 17.1 Å². The molecule has 0 spiro atoms. The normalized spacial score (nSPS) is 20.5. The Balaban J connectivity index is 2.26. The fourth-order valence-electron chi connectivity index (χ4n) is 2.17. The van der Waals surface area contributed by atoms with Gasteiger partial charge in [0.15, 0.2) is 0 Å². The van der Waals surface area contributed by atoms with E-state index in [1.165, 1.54) is 25.7 Å². The summed E-state index contributed by atoms with van der Waals surface area (Å²) in [5.41, 5.74) is 5.20. The second kappa shape index (κ2) is 7.63. The highest BCUT2D eigenvalue weighted by molar-refractivity contribution is 5.73. The molecule has 0 aliphatic carbocycles. The zero-order valence-electron chi connectivity index (χ0n) is 10.4. The Morgan fingerprint density at radius 1 is 1.50 bits per heavy atom. The summed E-state index contributed by atoms with van der Waals surface area (Å²) in [7, 11) is 0. The van der Waals surface area contributed by atoms with Gasteiger partial charge in [-0.25, -0.2) is 0 Å². The number of carbonyl (C=O) groups is 1. The first-order valence-corrected chi connectivity index (χ1v) is 6.46. The number of nitrogens with two attached hydrogens (primary N) is 1. The van der Waals surface area contributed by atoms with Crippen LogP contribution in [0.1, 0.15) is 39.0 Å². The SMILES string of the molecule is CCCCN(CCC(N)=O)CC1CCCN1. The Bertz CT molecular complexity index is 202. The molecule has 1 heterocycles. The average molecular weight is 227 g/mol. The molecule has 1 aliphatic rings. The topological polar surface area (TPSA) is 58.4 Å². The van der Waals surface area contributed by atoms with Crippen LogP contribution < -0.4 is 11.1 Å². The number of nitrogens with zero attached hydrogens (tertiary/aromatic N) is 1. The summed E-state index contributed by atoms with van der Waals surface area (Å²) in [6, 6.07) is 0.615. The molecule has 1 rings (SSSR count). The summed E-state index contributed by atoms with van der Waals surface area (Å²) in [4.78, 5) is 13.2. The third kappa shape index (κ3) is 5.47. The Kier molecular flexibility index (Phi) is 6.42. The summed E-state index contributed by atoms with van der Waals surface area (Å²) in [6.07, 6.45) is 5.42. The second-order valence-electron chi connectivity index (χ2n) is 4.66. The van der Waals surface area contributed by atoms with E-state index in [4.69, 9.17) is 5.73 Å². The van der Waals surface area contributed by atoms with Crippen molar-refractivity contribution in [3.05, 3.63) is 0 Å². The Morgan fingerprint density at radius 2 is 2.31 bits per heavy atom. The number of primary amides is 1. The Morgan fingerprint density at radius 3 is 2.88 bits per heavy atom. The zero-order chi connectivity index (χ0) is 11.8. The number of amides is 1. The van der Waals surface area contributed by atoms with Gasteiger partial charge in [0, 0.05) is 25.6 Å². The third-order valence-electron chi connectivity index (χ3n) is 3.14. The van der Waals surface area contributed by atoms with Crippen molar-refractivity contribution in [2.45, 2.75) is 45.1 Å². The van der Waals surface area contributed by atoms with Crippen LogP contribution in [0, 0.1) is 0 Å². The molecular weight excluding hydrogens is 202 g/mol. The van der Waals surface area contributed by atoms with E-state index in [9.17, 15) is 4.79 Å². The maximum Gasteiger partial charge on any atom is 0.218 e. The molecule has 1 amide bonds. The Hall–Kier alpha value is -0.610. The first-order valence-electron chi connectivity index (χ1n) is 6.46. The van der Waals surface area contributed by atoms with Crippen LogP contribution in [-0.4, -0.2) is 43.0 Å². The van der Waals surface area contributed by atoms with E-state index < -0.39 is 0 Å². The minimum Gasteiger partial charge on any atom is -0.370 e. The predicted molar refractivity (Wildman–Crippen MR) is 66.2 cm³/mol. The van der Waals surface area contributed by atoms with Gasteiger partial charge >= 0.3 is 0 Å². The van der Waals surface area contributed by atoms with Gasteiger partial charge in [-0.1, -0.05) is 13.3 Å². The number of hydrogen-bond donors (Lipinski definition) is 2. The number of hydrogen-bond acceptors (Lipinski definition) is 3. The van der Waals surface area contributed by atoms with Gasteiger partial charge in [-0.3, -0.25) is 4.79 Å². The monoisotopic (exact) mass is 227 g/mol. The van der Waals surface area contributed by atoms with Gasteiger partial charge in [0.1, 0.15) is 0 Å². The zero-order valence-corrected chi connectivity index (χ0v) is 10.4. The quantitative estimate of drug-likeness (QED) is 0.642. The molecule has 0 aromatic rings. The van der Waals surface area contributed by atoms with Gasteiger partial charge in [-0.15, -0.1) is 0 Å². The number of unbranched alkanes of at least 4 members (excludes halogenated alkanes) is 1. The first kappa shape index (κ1) is 13.5. The lowest BCUT2D eigenvalue weighted by molar-refractivity contribution is -0.118. The molecule has 1 saturated heterocycles. The summed E-state index contributed by atoms with van der Waals surface area (Å²) < 4.78 is 0. The van der Waals surface area contributed by atoms with Crippen molar-refractivity contribution in [2.75, 3.05) is 26.2 Å². The smallest absolute Gasteiger partial charge is 0.218 e. The maximum absolute atomic E-state index is 10.8. The van der Waals surface area contributed by atoms with E-state index in [1.807, 2.05) is 0 Å². The summed E-state index contributed by atoms with van der Waals surface area (Å²) in [6.45, 7) is 6.30. The van der Waals surface area contributed by atoms with Gasteiger partial charge in [-0.2, -0.15) is 0 Å². The first-order chi connectivity index (χ1) is 7.72. The van der Waals surface area contributed by atoms with Crippen molar-refractivity contribution in [3.8, 4) is 0 Å². The fourth-order valence-corrected chi connectivity index (χ4v) is 2.17. The Labute approximate surface area is 98.6 Å². The van der Waals surface area contributed by atoms with Crippen LogP contribution in [0.5, 0.6) is 0 Å². The van der Waals surface area contributed by atoms with Gasteiger partial charge in [-0.05, 0) is 32.4 Å². The highest BCUT2D eigenvalue weighted by Gasteiger charge is 2.17. The number of rotatable bonds is 8. The lowest BCUT2D eigenvalue weighted by Gasteiger charge is -2.25. The highest BCUT2D eigenvalue weighted by Crippen LogP contribution is 2.08. The van der Waals surface area contributed by atoms with Crippen LogP contribution in [0.2, 0.25) is 0 Å². The molecule has 1 unspecified atom stereocenters. The van der Waals surface area contributed by atoms with Crippen LogP contribution in [0.15, 0.2) is 0 Å². The van der Waals surface area contributed by atoms with Crippen LogP contribution in [0.25, 0.3) is 0 Å². The van der Waals surface area contributed by atoms with E-state index in [0.29, 0.717) is 12.5 Å². The van der Waals surface area contributed by atoms with Crippen LogP contribution in [-0.2, 0) is 4.79 Å². The number of nitrogens with one attached hydrogen (secondary N) is 1. The van der Waals surface area contributed by atoms with Gasteiger partial charge in [0.05, 0.1) is 0 Å². The molecule has 0 aromatic heterocycles. The van der Waals surface area contributed by atoms with Crippen molar-refractivity contribution < 1.29 is 4.79 Å². The predicted octanol–water partition coefficient (Wildman–Crippen LogP) is 0.716. The van der Waals surface area contributed by atoms with Crippen LogP contribution in [0.4, 0.5) is 0 Å². The van der Waals surface area contributed by atoms with Gasteiger partial charge in [0.2, 0.25) is 5.91 Å². The molecule has 3 N–H and O–H groups in total. The molecule has 0 radical (unpaired) electrons. The van der Waals surface area contributed by atoms with E-state index in [1.54, 1.807) is 0 Å². The van der Waals surface area contributed by atoms with Gasteiger partial charge < -0.3 is 16.0 Å². The minimum atomic E-state index is -0.194. The number of carbonyl (C=O) groups excluding carboxylic acids is 1. The molecule has 0 saturated carbocycles. The molecule has 0 bridgehead atoms.